The Bertz CT molecular complexity index is 7320. The summed E-state index contributed by atoms with van der Waals surface area (Å²) in [7, 11) is 0. The van der Waals surface area contributed by atoms with Crippen molar-refractivity contribution in [2.75, 3.05) is 0 Å². The SMILES string of the molecule is c1ccc2cc(-c3ccc(-c4c5ccccc5c(-c5ccc6ccc(-c7ccc(-c8cccc9ccccc89)cc7)cc6c5)c5ccccc45)cc3)ccc2c1.c1ccc2cc(-c3ccc(-c4ccc5ccc(-c6c7ccccc7c(-c7ccc(-c8ccc9ccccc9c8)cc7)c7ccccc67)cc5c4)cc3)ccc2c1. The molecule has 0 aliphatic rings. The quantitative estimate of drug-likeness (QED) is 0.120. The molecule has 520 valence electrons. The standard InChI is InChI=1S/2C56H36/c1-3-11-44-33-46(29-23-37(44)9-1)39-17-19-40(20-18-39)48-31-25-42-26-32-49(36-50(42)35-48)56-53-15-7-5-13-51(53)55(52-14-6-8-16-54(52)56)43-27-21-41(22-28-43)47-30-24-38-10-2-4-12-45(38)34-47;1-2-12-44-34-45(31-24-37(44)10-1)39-22-29-43(30-23-39)55-51-15-5-7-17-53(51)56(54-18-8-6-16-52(54)55)47-33-26-40-25-32-46(35-48(40)36-47)38-20-27-42(28-21-38)50-19-9-13-41-11-3-4-14-49(41)50/h2*1-36H. The Hall–Kier alpha value is -14.6. The first-order valence-corrected chi connectivity index (χ1v) is 38.8. The lowest BCUT2D eigenvalue weighted by molar-refractivity contribution is 1.61. The molecule has 0 unspecified atom stereocenters. The normalized spacial score (nSPS) is 11.6. The van der Waals surface area contributed by atoms with Gasteiger partial charge in [0.2, 0.25) is 0 Å². The summed E-state index contributed by atoms with van der Waals surface area (Å²) in [5, 5.41) is 25.2. The van der Waals surface area contributed by atoms with Gasteiger partial charge in [0.05, 0.1) is 0 Å². The molecule has 112 heavy (non-hydrogen) atoms. The molecule has 22 rings (SSSR count). The van der Waals surface area contributed by atoms with Crippen LogP contribution in [0.25, 0.3) is 219 Å². The molecule has 0 fully saturated rings. The van der Waals surface area contributed by atoms with Crippen LogP contribution in [0.15, 0.2) is 437 Å². The summed E-state index contributed by atoms with van der Waals surface area (Å²) in [6.07, 6.45) is 0. The number of fused-ring (bicyclic) bond motifs is 10. The smallest absolute Gasteiger partial charge is 0.00262 e. The van der Waals surface area contributed by atoms with E-state index < -0.39 is 0 Å². The molecule has 22 aromatic rings. The number of hydrogen-bond acceptors (Lipinski definition) is 0. The second-order valence-corrected chi connectivity index (χ2v) is 29.8. The summed E-state index contributed by atoms with van der Waals surface area (Å²) in [5.41, 5.74) is 24.8. The molecule has 0 nitrogen and oxygen atoms in total. The molecule has 0 atom stereocenters. The first-order chi connectivity index (χ1) is 55.5. The zero-order valence-corrected chi connectivity index (χ0v) is 61.6. The Morgan fingerprint density at radius 3 is 0.580 bits per heavy atom. The lowest BCUT2D eigenvalue weighted by Gasteiger charge is -2.18. The Morgan fingerprint density at radius 2 is 0.277 bits per heavy atom. The summed E-state index contributed by atoms with van der Waals surface area (Å²) in [5.74, 6) is 0. The van der Waals surface area contributed by atoms with Crippen LogP contribution in [0.1, 0.15) is 0 Å². The lowest BCUT2D eigenvalue weighted by atomic mass is 9.85. The van der Waals surface area contributed by atoms with E-state index in [-0.39, 0.29) is 0 Å². The van der Waals surface area contributed by atoms with Crippen LogP contribution in [0.3, 0.4) is 0 Å². The topological polar surface area (TPSA) is 0 Å². The molecule has 0 saturated heterocycles. The highest BCUT2D eigenvalue weighted by molar-refractivity contribution is 6.23. The van der Waals surface area contributed by atoms with E-state index in [1.165, 1.54) is 219 Å². The average molecular weight is 1420 g/mol. The summed E-state index contributed by atoms with van der Waals surface area (Å²) in [6.45, 7) is 0. The Morgan fingerprint density at radius 1 is 0.0893 bits per heavy atom. The van der Waals surface area contributed by atoms with Crippen molar-refractivity contribution in [3.05, 3.63) is 437 Å². The maximum atomic E-state index is 2.38. The minimum atomic E-state index is 1.22. The van der Waals surface area contributed by atoms with Gasteiger partial charge in [-0.05, 0) is 261 Å². The Balaban J connectivity index is 0.000000141. The highest BCUT2D eigenvalue weighted by Gasteiger charge is 2.21. The van der Waals surface area contributed by atoms with Gasteiger partial charge in [-0.15, -0.1) is 0 Å². The van der Waals surface area contributed by atoms with Gasteiger partial charge in [-0.3, -0.25) is 0 Å². The van der Waals surface area contributed by atoms with Crippen LogP contribution in [-0.2, 0) is 0 Å². The van der Waals surface area contributed by atoms with Gasteiger partial charge >= 0.3 is 0 Å². The Kier molecular flexibility index (Phi) is 16.4. The number of hydrogen-bond donors (Lipinski definition) is 0. The van der Waals surface area contributed by atoms with Crippen molar-refractivity contribution in [2.45, 2.75) is 0 Å². The van der Waals surface area contributed by atoms with Gasteiger partial charge in [-0.1, -0.05) is 394 Å². The fourth-order valence-corrected chi connectivity index (χ4v) is 17.6. The third kappa shape index (κ3) is 12.0. The molecular formula is C112H72. The van der Waals surface area contributed by atoms with Gasteiger partial charge in [0.15, 0.2) is 0 Å². The van der Waals surface area contributed by atoms with Gasteiger partial charge in [-0.2, -0.15) is 0 Å². The van der Waals surface area contributed by atoms with Crippen LogP contribution in [-0.4, -0.2) is 0 Å². The summed E-state index contributed by atoms with van der Waals surface area (Å²) < 4.78 is 0. The molecule has 0 saturated carbocycles. The second-order valence-electron chi connectivity index (χ2n) is 29.8. The van der Waals surface area contributed by atoms with Crippen molar-refractivity contribution < 1.29 is 0 Å². The van der Waals surface area contributed by atoms with Gasteiger partial charge in [0, 0.05) is 0 Å². The fourth-order valence-electron chi connectivity index (χ4n) is 17.6. The highest BCUT2D eigenvalue weighted by atomic mass is 14.2. The second kappa shape index (κ2) is 27.9. The minimum absolute atomic E-state index is 1.22. The van der Waals surface area contributed by atoms with Crippen LogP contribution >= 0.6 is 0 Å². The van der Waals surface area contributed by atoms with Gasteiger partial charge < -0.3 is 0 Å². The molecular weight excluding hydrogens is 1350 g/mol. The van der Waals surface area contributed by atoms with Crippen molar-refractivity contribution >= 4 is 108 Å². The van der Waals surface area contributed by atoms with Gasteiger partial charge in [0.1, 0.15) is 0 Å². The minimum Gasteiger partial charge on any atom is -0.0616 e. The third-order valence-electron chi connectivity index (χ3n) is 23.3. The van der Waals surface area contributed by atoms with E-state index in [4.69, 9.17) is 0 Å². The summed E-state index contributed by atoms with van der Waals surface area (Å²) >= 11 is 0. The molecule has 0 aromatic heterocycles. The maximum absolute atomic E-state index is 2.38. The molecule has 0 radical (unpaired) electrons. The highest BCUT2D eigenvalue weighted by Crippen LogP contribution is 2.48. The van der Waals surface area contributed by atoms with E-state index >= 15 is 0 Å². The molecule has 0 aliphatic carbocycles. The molecule has 0 heterocycles. The van der Waals surface area contributed by atoms with Crippen LogP contribution in [0, 0.1) is 0 Å². The zero-order chi connectivity index (χ0) is 74.0. The van der Waals surface area contributed by atoms with E-state index in [1.807, 2.05) is 0 Å². The van der Waals surface area contributed by atoms with Crippen molar-refractivity contribution in [3.63, 3.8) is 0 Å². The summed E-state index contributed by atoms with van der Waals surface area (Å²) in [6, 6.07) is 161. The fraction of sp³-hybridized carbons (Fsp3) is 0. The largest absolute Gasteiger partial charge is 0.0616 e. The molecule has 0 bridgehead atoms. The average Bonchev–Trinajstić information content (AvgIpc) is 0.736. The first-order valence-electron chi connectivity index (χ1n) is 38.8. The van der Waals surface area contributed by atoms with E-state index in [1.54, 1.807) is 0 Å². The van der Waals surface area contributed by atoms with Crippen molar-refractivity contribution in [2.24, 2.45) is 0 Å². The maximum Gasteiger partial charge on any atom is -0.00262 e. The van der Waals surface area contributed by atoms with Crippen molar-refractivity contribution in [1.29, 1.82) is 0 Å². The monoisotopic (exact) mass is 1420 g/mol. The molecule has 0 N–H and O–H groups in total. The number of rotatable bonds is 10. The van der Waals surface area contributed by atoms with Crippen molar-refractivity contribution in [3.8, 4) is 111 Å². The van der Waals surface area contributed by atoms with Crippen molar-refractivity contribution in [1.82, 2.24) is 0 Å². The van der Waals surface area contributed by atoms with E-state index in [2.05, 4.69) is 437 Å². The van der Waals surface area contributed by atoms with Crippen LogP contribution in [0.4, 0.5) is 0 Å². The predicted octanol–water partition coefficient (Wildman–Crippen LogP) is 31.6. The van der Waals surface area contributed by atoms with Crippen LogP contribution in [0.5, 0.6) is 0 Å². The molecule has 0 spiro atoms. The van der Waals surface area contributed by atoms with E-state index in [0.717, 1.165) is 0 Å². The zero-order valence-electron chi connectivity index (χ0n) is 61.6. The van der Waals surface area contributed by atoms with E-state index in [9.17, 15) is 0 Å². The van der Waals surface area contributed by atoms with E-state index in [0.29, 0.717) is 0 Å². The third-order valence-corrected chi connectivity index (χ3v) is 23.3. The predicted molar refractivity (Wildman–Crippen MR) is 482 cm³/mol. The van der Waals surface area contributed by atoms with Gasteiger partial charge in [0.25, 0.3) is 0 Å². The summed E-state index contributed by atoms with van der Waals surface area (Å²) in [4.78, 5) is 0. The molecule has 0 heteroatoms. The number of benzene rings is 22. The molecule has 0 aliphatic heterocycles. The molecule has 0 amide bonds. The first kappa shape index (κ1) is 65.7. The lowest BCUT2D eigenvalue weighted by Crippen LogP contribution is -1.91. The Labute approximate surface area is 651 Å². The van der Waals surface area contributed by atoms with Crippen LogP contribution in [0.2, 0.25) is 0 Å². The molecule has 22 aromatic carbocycles. The van der Waals surface area contributed by atoms with Gasteiger partial charge in [-0.25, -0.2) is 0 Å². The van der Waals surface area contributed by atoms with Crippen LogP contribution < -0.4 is 0 Å².